The molecule has 0 bridgehead atoms. The third-order valence-electron chi connectivity index (χ3n) is 2.72. The lowest BCUT2D eigenvalue weighted by Gasteiger charge is -2.07. The van der Waals surface area contributed by atoms with E-state index in [1.165, 1.54) is 24.3 Å². The second-order valence-corrected chi connectivity index (χ2v) is 4.95. The van der Waals surface area contributed by atoms with Crippen LogP contribution in [0.15, 0.2) is 42.5 Å². The molecule has 0 aliphatic carbocycles. The first-order chi connectivity index (χ1) is 10.0. The summed E-state index contributed by atoms with van der Waals surface area (Å²) in [6.45, 7) is 0. The van der Waals surface area contributed by atoms with Crippen LogP contribution in [-0.4, -0.2) is 11.8 Å². The van der Waals surface area contributed by atoms with Crippen molar-refractivity contribution >= 4 is 40.7 Å². The van der Waals surface area contributed by atoms with E-state index in [1.807, 2.05) is 5.43 Å². The van der Waals surface area contributed by atoms with Crippen molar-refractivity contribution in [3.63, 3.8) is 0 Å². The fourth-order valence-electron chi connectivity index (χ4n) is 1.63. The van der Waals surface area contributed by atoms with Gasteiger partial charge in [0, 0.05) is 16.8 Å². The molecule has 0 saturated carbocycles. The minimum atomic E-state index is -0.425. The molecular formula is C14H11Cl2N3O2. The molecule has 2 aromatic carbocycles. The predicted molar refractivity (Wildman–Crippen MR) is 82.5 cm³/mol. The minimum absolute atomic E-state index is 0.326. The van der Waals surface area contributed by atoms with Crippen LogP contribution in [-0.2, 0) is 0 Å². The van der Waals surface area contributed by atoms with E-state index in [2.05, 4.69) is 5.32 Å². The maximum Gasteiger partial charge on any atom is 0.265 e. The Morgan fingerprint density at radius 1 is 0.857 bits per heavy atom. The molecule has 4 N–H and O–H groups in total. The molecule has 0 aliphatic heterocycles. The van der Waals surface area contributed by atoms with Crippen LogP contribution in [0.3, 0.4) is 0 Å². The van der Waals surface area contributed by atoms with E-state index in [0.29, 0.717) is 26.9 Å². The molecule has 0 radical (unpaired) electrons. The van der Waals surface area contributed by atoms with Gasteiger partial charge in [0.15, 0.2) is 0 Å². The predicted octanol–water partition coefficient (Wildman–Crippen LogP) is 2.85. The first-order valence-electron chi connectivity index (χ1n) is 5.88. The van der Waals surface area contributed by atoms with E-state index in [0.717, 1.165) is 0 Å². The molecule has 0 fully saturated rings. The van der Waals surface area contributed by atoms with E-state index in [9.17, 15) is 9.59 Å². The number of hydrogen-bond acceptors (Lipinski definition) is 3. The van der Waals surface area contributed by atoms with Gasteiger partial charge in [0.2, 0.25) is 0 Å². The molecule has 108 valence electrons. The standard InChI is InChI=1S/C14H11Cl2N3O2/c15-11-6-5-10(7-12(11)16)18-13(20)8-1-3-9(4-2-8)14(21)19-17/h1-7H,17H2,(H,18,20)(H,19,21). The van der Waals surface area contributed by atoms with Crippen LogP contribution in [0.4, 0.5) is 5.69 Å². The molecule has 2 rings (SSSR count). The Labute approximate surface area is 131 Å². The average Bonchev–Trinajstić information content (AvgIpc) is 2.50. The number of amides is 2. The summed E-state index contributed by atoms with van der Waals surface area (Å²) in [4.78, 5) is 23.3. The molecule has 0 aromatic heterocycles. The van der Waals surface area contributed by atoms with Gasteiger partial charge in [-0.15, -0.1) is 0 Å². The molecule has 7 heteroatoms. The molecule has 0 atom stereocenters. The number of rotatable bonds is 3. The SMILES string of the molecule is NNC(=O)c1ccc(C(=O)Nc2ccc(Cl)c(Cl)c2)cc1. The fraction of sp³-hybridized carbons (Fsp3) is 0. The Hall–Kier alpha value is -2.08. The highest BCUT2D eigenvalue weighted by Crippen LogP contribution is 2.25. The van der Waals surface area contributed by atoms with Gasteiger partial charge in [0.05, 0.1) is 10.0 Å². The van der Waals surface area contributed by atoms with Crippen molar-refractivity contribution in [3.8, 4) is 0 Å². The number of benzene rings is 2. The summed E-state index contributed by atoms with van der Waals surface area (Å²) in [7, 11) is 0. The van der Waals surface area contributed by atoms with Crippen LogP contribution in [0.1, 0.15) is 20.7 Å². The maximum atomic E-state index is 12.0. The van der Waals surface area contributed by atoms with E-state index < -0.39 is 5.91 Å². The number of nitrogen functional groups attached to an aromatic ring is 1. The quantitative estimate of drug-likeness (QED) is 0.461. The lowest BCUT2D eigenvalue weighted by molar-refractivity contribution is 0.0952. The molecule has 2 aromatic rings. The summed E-state index contributed by atoms with van der Waals surface area (Å²) < 4.78 is 0. The van der Waals surface area contributed by atoms with Crippen molar-refractivity contribution in [2.45, 2.75) is 0 Å². The monoisotopic (exact) mass is 323 g/mol. The second-order valence-electron chi connectivity index (χ2n) is 4.13. The lowest BCUT2D eigenvalue weighted by atomic mass is 10.1. The zero-order valence-corrected chi connectivity index (χ0v) is 12.2. The lowest BCUT2D eigenvalue weighted by Crippen LogP contribution is -2.29. The maximum absolute atomic E-state index is 12.0. The van der Waals surface area contributed by atoms with Gasteiger partial charge in [0.1, 0.15) is 0 Å². The highest BCUT2D eigenvalue weighted by atomic mass is 35.5. The van der Waals surface area contributed by atoms with Crippen LogP contribution in [0, 0.1) is 0 Å². The summed E-state index contributed by atoms with van der Waals surface area (Å²) in [5.41, 5.74) is 3.30. The largest absolute Gasteiger partial charge is 0.322 e. The smallest absolute Gasteiger partial charge is 0.265 e. The molecule has 0 saturated heterocycles. The number of nitrogens with two attached hydrogens (primary N) is 1. The highest BCUT2D eigenvalue weighted by molar-refractivity contribution is 6.42. The normalized spacial score (nSPS) is 10.0. The van der Waals surface area contributed by atoms with Gasteiger partial charge in [-0.25, -0.2) is 5.84 Å². The number of nitrogens with one attached hydrogen (secondary N) is 2. The Morgan fingerprint density at radius 2 is 1.43 bits per heavy atom. The van der Waals surface area contributed by atoms with Gasteiger partial charge in [-0.1, -0.05) is 23.2 Å². The summed E-state index contributed by atoms with van der Waals surface area (Å²) in [6, 6.07) is 10.8. The molecular weight excluding hydrogens is 313 g/mol. The van der Waals surface area contributed by atoms with Gasteiger partial charge < -0.3 is 5.32 Å². The Morgan fingerprint density at radius 3 is 1.95 bits per heavy atom. The van der Waals surface area contributed by atoms with Crippen molar-refractivity contribution in [2.75, 3.05) is 5.32 Å². The van der Waals surface area contributed by atoms with Crippen molar-refractivity contribution in [3.05, 3.63) is 63.6 Å². The van der Waals surface area contributed by atoms with Crippen LogP contribution in [0.5, 0.6) is 0 Å². The van der Waals surface area contributed by atoms with Gasteiger partial charge in [-0.05, 0) is 42.5 Å². The minimum Gasteiger partial charge on any atom is -0.322 e. The zero-order chi connectivity index (χ0) is 15.4. The summed E-state index contributed by atoms with van der Waals surface area (Å²) in [6.07, 6.45) is 0. The van der Waals surface area contributed by atoms with Crippen LogP contribution in [0.2, 0.25) is 10.0 Å². The Balaban J connectivity index is 2.13. The van der Waals surface area contributed by atoms with E-state index in [4.69, 9.17) is 29.0 Å². The molecule has 21 heavy (non-hydrogen) atoms. The average molecular weight is 324 g/mol. The zero-order valence-electron chi connectivity index (χ0n) is 10.7. The number of carbonyl (C=O) groups is 2. The number of hydrazine groups is 1. The van der Waals surface area contributed by atoms with E-state index in [1.54, 1.807) is 18.2 Å². The first kappa shape index (κ1) is 15.3. The third-order valence-corrected chi connectivity index (χ3v) is 3.46. The Kier molecular flexibility index (Phi) is 4.80. The number of anilines is 1. The van der Waals surface area contributed by atoms with Crippen molar-refractivity contribution in [2.24, 2.45) is 5.84 Å². The molecule has 0 unspecified atom stereocenters. The summed E-state index contributed by atoms with van der Waals surface area (Å²) >= 11 is 11.7. The molecule has 5 nitrogen and oxygen atoms in total. The van der Waals surface area contributed by atoms with E-state index >= 15 is 0 Å². The Bertz CT molecular complexity index is 687. The number of halogens is 2. The van der Waals surface area contributed by atoms with Crippen LogP contribution >= 0.6 is 23.2 Å². The van der Waals surface area contributed by atoms with E-state index in [-0.39, 0.29) is 5.91 Å². The third kappa shape index (κ3) is 3.72. The van der Waals surface area contributed by atoms with Gasteiger partial charge in [-0.3, -0.25) is 15.0 Å². The van der Waals surface area contributed by atoms with Crippen molar-refractivity contribution in [1.29, 1.82) is 0 Å². The number of carbonyl (C=O) groups excluding carboxylic acids is 2. The van der Waals surface area contributed by atoms with Crippen molar-refractivity contribution in [1.82, 2.24) is 5.43 Å². The van der Waals surface area contributed by atoms with Gasteiger partial charge in [-0.2, -0.15) is 0 Å². The van der Waals surface area contributed by atoms with Gasteiger partial charge in [0.25, 0.3) is 11.8 Å². The topological polar surface area (TPSA) is 84.2 Å². The summed E-state index contributed by atoms with van der Waals surface area (Å²) in [5, 5.41) is 3.44. The highest BCUT2D eigenvalue weighted by Gasteiger charge is 2.09. The van der Waals surface area contributed by atoms with Crippen LogP contribution in [0.25, 0.3) is 0 Å². The molecule has 0 spiro atoms. The fourth-order valence-corrected chi connectivity index (χ4v) is 1.93. The molecule has 0 aliphatic rings. The second kappa shape index (κ2) is 6.58. The first-order valence-corrected chi connectivity index (χ1v) is 6.64. The van der Waals surface area contributed by atoms with Crippen molar-refractivity contribution < 1.29 is 9.59 Å². The summed E-state index contributed by atoms with van der Waals surface area (Å²) in [5.74, 6) is 4.28. The number of hydrogen-bond donors (Lipinski definition) is 3. The molecule has 0 heterocycles. The van der Waals surface area contributed by atoms with Crippen LogP contribution < -0.4 is 16.6 Å². The molecule has 2 amide bonds. The van der Waals surface area contributed by atoms with Gasteiger partial charge >= 0.3 is 0 Å².